The van der Waals surface area contributed by atoms with Crippen molar-refractivity contribution in [2.45, 2.75) is 47.2 Å². The Bertz CT molecular complexity index is 1070. The number of nitrogens with zero attached hydrogens (tertiary/aromatic N) is 5. The molecule has 9 heteroatoms. The number of carbonyl (C=O) groups is 1. The number of nitrogens with one attached hydrogen (secondary N) is 1. The number of carbonyl (C=O) groups excluding carboxylic acids is 1. The molecule has 30 heavy (non-hydrogen) atoms. The molecule has 0 aliphatic carbocycles. The Labute approximate surface area is 174 Å². The standard InChI is InChI=1S/C21H26N6O3/c1-14-12-15(2)25(23-14)11-5-10-22-21(28)19-8-6-18(7-9-19)13-26-17(4)20(27(29)30)16(3)24-26/h6-9,12H,5,10-11,13H2,1-4H3,(H,22,28). The van der Waals surface area contributed by atoms with Crippen LogP contribution in [0.4, 0.5) is 5.69 Å². The van der Waals surface area contributed by atoms with Crippen LogP contribution in [-0.4, -0.2) is 36.9 Å². The van der Waals surface area contributed by atoms with Crippen molar-refractivity contribution in [1.82, 2.24) is 24.9 Å². The highest BCUT2D eigenvalue weighted by atomic mass is 16.6. The number of rotatable bonds is 8. The van der Waals surface area contributed by atoms with E-state index in [1.807, 2.05) is 36.7 Å². The molecule has 0 spiro atoms. The minimum Gasteiger partial charge on any atom is -0.352 e. The number of hydrogen-bond acceptors (Lipinski definition) is 5. The van der Waals surface area contributed by atoms with Crippen molar-refractivity contribution in [1.29, 1.82) is 0 Å². The normalized spacial score (nSPS) is 10.9. The van der Waals surface area contributed by atoms with E-state index in [1.165, 1.54) is 0 Å². The number of nitro groups is 1. The molecular weight excluding hydrogens is 384 g/mol. The third-order valence-corrected chi connectivity index (χ3v) is 5.01. The van der Waals surface area contributed by atoms with Crippen molar-refractivity contribution in [3.63, 3.8) is 0 Å². The fourth-order valence-electron chi connectivity index (χ4n) is 3.47. The van der Waals surface area contributed by atoms with Gasteiger partial charge in [-0.25, -0.2) is 0 Å². The molecule has 0 atom stereocenters. The second-order valence-corrected chi connectivity index (χ2v) is 7.39. The Kier molecular flexibility index (Phi) is 6.29. The van der Waals surface area contributed by atoms with E-state index in [0.29, 0.717) is 30.0 Å². The molecule has 3 rings (SSSR count). The van der Waals surface area contributed by atoms with Gasteiger partial charge in [0.25, 0.3) is 5.91 Å². The fourth-order valence-corrected chi connectivity index (χ4v) is 3.47. The molecular formula is C21H26N6O3. The van der Waals surface area contributed by atoms with Gasteiger partial charge in [-0.15, -0.1) is 0 Å². The minimum absolute atomic E-state index is 0.0477. The van der Waals surface area contributed by atoms with E-state index in [0.717, 1.165) is 29.9 Å². The summed E-state index contributed by atoms with van der Waals surface area (Å²) in [7, 11) is 0. The summed E-state index contributed by atoms with van der Waals surface area (Å²) in [6.45, 7) is 9.03. The first-order valence-corrected chi connectivity index (χ1v) is 9.83. The highest BCUT2D eigenvalue weighted by Crippen LogP contribution is 2.22. The molecule has 9 nitrogen and oxygen atoms in total. The Morgan fingerprint density at radius 3 is 2.37 bits per heavy atom. The van der Waals surface area contributed by atoms with Gasteiger partial charge >= 0.3 is 5.69 Å². The van der Waals surface area contributed by atoms with Crippen molar-refractivity contribution < 1.29 is 9.72 Å². The Balaban J connectivity index is 1.54. The van der Waals surface area contributed by atoms with Gasteiger partial charge in [-0.3, -0.25) is 24.3 Å². The zero-order valence-electron chi connectivity index (χ0n) is 17.7. The van der Waals surface area contributed by atoms with Gasteiger partial charge in [-0.2, -0.15) is 10.2 Å². The molecule has 0 fully saturated rings. The molecule has 1 aromatic carbocycles. The zero-order valence-corrected chi connectivity index (χ0v) is 17.7. The lowest BCUT2D eigenvalue weighted by molar-refractivity contribution is -0.386. The van der Waals surface area contributed by atoms with Crippen LogP contribution in [0.3, 0.4) is 0 Å². The van der Waals surface area contributed by atoms with E-state index >= 15 is 0 Å². The second-order valence-electron chi connectivity index (χ2n) is 7.39. The smallest absolute Gasteiger partial charge is 0.312 e. The van der Waals surface area contributed by atoms with E-state index in [2.05, 4.69) is 15.5 Å². The monoisotopic (exact) mass is 410 g/mol. The molecule has 1 amide bonds. The first-order chi connectivity index (χ1) is 14.3. The summed E-state index contributed by atoms with van der Waals surface area (Å²) >= 11 is 0. The van der Waals surface area contributed by atoms with E-state index in [9.17, 15) is 14.9 Å². The lowest BCUT2D eigenvalue weighted by atomic mass is 10.1. The molecule has 0 aliphatic heterocycles. The topological polar surface area (TPSA) is 108 Å². The minimum atomic E-state index is -0.406. The Morgan fingerprint density at radius 2 is 1.80 bits per heavy atom. The van der Waals surface area contributed by atoms with Crippen LogP contribution in [0.15, 0.2) is 30.3 Å². The first-order valence-electron chi connectivity index (χ1n) is 9.83. The van der Waals surface area contributed by atoms with Gasteiger partial charge in [-0.05, 0) is 57.9 Å². The van der Waals surface area contributed by atoms with Crippen LogP contribution < -0.4 is 5.32 Å². The average molecular weight is 410 g/mol. The number of benzene rings is 1. The molecule has 0 radical (unpaired) electrons. The zero-order chi connectivity index (χ0) is 21.8. The summed E-state index contributed by atoms with van der Waals surface area (Å²) < 4.78 is 3.56. The van der Waals surface area contributed by atoms with Crippen LogP contribution in [0.25, 0.3) is 0 Å². The van der Waals surface area contributed by atoms with Gasteiger partial charge in [0.2, 0.25) is 0 Å². The lowest BCUT2D eigenvalue weighted by Crippen LogP contribution is -2.25. The van der Waals surface area contributed by atoms with Gasteiger partial charge in [0.15, 0.2) is 0 Å². The van der Waals surface area contributed by atoms with Crippen LogP contribution >= 0.6 is 0 Å². The molecule has 0 unspecified atom stereocenters. The highest BCUT2D eigenvalue weighted by molar-refractivity contribution is 5.94. The van der Waals surface area contributed by atoms with Crippen LogP contribution in [0, 0.1) is 37.8 Å². The molecule has 2 aromatic heterocycles. The van der Waals surface area contributed by atoms with Crippen molar-refractivity contribution >= 4 is 11.6 Å². The molecule has 0 saturated carbocycles. The van der Waals surface area contributed by atoms with E-state index in [1.54, 1.807) is 30.7 Å². The molecule has 0 bridgehead atoms. The molecule has 1 N–H and O–H groups in total. The van der Waals surface area contributed by atoms with Gasteiger partial charge in [-0.1, -0.05) is 12.1 Å². The largest absolute Gasteiger partial charge is 0.352 e. The Hall–Kier alpha value is -3.49. The summed E-state index contributed by atoms with van der Waals surface area (Å²) in [6.07, 6.45) is 0.794. The Morgan fingerprint density at radius 1 is 1.10 bits per heavy atom. The predicted octanol–water partition coefficient (Wildman–Crippen LogP) is 3.09. The summed E-state index contributed by atoms with van der Waals surface area (Å²) in [5.74, 6) is -0.128. The van der Waals surface area contributed by atoms with Gasteiger partial charge in [0, 0.05) is 24.3 Å². The van der Waals surface area contributed by atoms with Crippen molar-refractivity contribution in [3.8, 4) is 0 Å². The summed E-state index contributed by atoms with van der Waals surface area (Å²) in [6, 6.07) is 9.22. The average Bonchev–Trinajstić information content (AvgIpc) is 3.16. The third-order valence-electron chi connectivity index (χ3n) is 5.01. The highest BCUT2D eigenvalue weighted by Gasteiger charge is 2.21. The van der Waals surface area contributed by atoms with E-state index in [-0.39, 0.29) is 11.6 Å². The lowest BCUT2D eigenvalue weighted by Gasteiger charge is -2.08. The van der Waals surface area contributed by atoms with Crippen molar-refractivity contribution in [2.24, 2.45) is 0 Å². The van der Waals surface area contributed by atoms with Crippen LogP contribution in [0.5, 0.6) is 0 Å². The SMILES string of the molecule is Cc1cc(C)n(CCCNC(=O)c2ccc(Cn3nc(C)c([N+](=O)[O-])c3C)cc2)n1. The van der Waals surface area contributed by atoms with Crippen LogP contribution in [0.1, 0.15) is 45.1 Å². The molecule has 0 saturated heterocycles. The van der Waals surface area contributed by atoms with Crippen LogP contribution in [-0.2, 0) is 13.1 Å². The number of hydrogen-bond donors (Lipinski definition) is 1. The molecule has 2 heterocycles. The molecule has 158 valence electrons. The van der Waals surface area contributed by atoms with Gasteiger partial charge in [0.05, 0.1) is 17.2 Å². The van der Waals surface area contributed by atoms with Gasteiger partial charge in [0.1, 0.15) is 11.4 Å². The quantitative estimate of drug-likeness (QED) is 0.349. The number of aryl methyl sites for hydroxylation is 4. The maximum absolute atomic E-state index is 12.3. The summed E-state index contributed by atoms with van der Waals surface area (Å²) in [5, 5.41) is 22.7. The molecule has 0 aliphatic rings. The first kappa shape index (κ1) is 21.2. The third kappa shape index (κ3) is 4.73. The number of amides is 1. The maximum atomic E-state index is 12.3. The predicted molar refractivity (Wildman–Crippen MR) is 113 cm³/mol. The van der Waals surface area contributed by atoms with Crippen LogP contribution in [0.2, 0.25) is 0 Å². The maximum Gasteiger partial charge on any atom is 0.312 e. The fraction of sp³-hybridized carbons (Fsp3) is 0.381. The molecule has 3 aromatic rings. The van der Waals surface area contributed by atoms with Crippen molar-refractivity contribution in [3.05, 3.63) is 74.3 Å². The number of aromatic nitrogens is 4. The van der Waals surface area contributed by atoms with Crippen molar-refractivity contribution in [2.75, 3.05) is 6.54 Å². The second kappa shape index (κ2) is 8.89. The van der Waals surface area contributed by atoms with E-state index < -0.39 is 4.92 Å². The summed E-state index contributed by atoms with van der Waals surface area (Å²) in [4.78, 5) is 23.1. The summed E-state index contributed by atoms with van der Waals surface area (Å²) in [5.41, 5.74) is 4.55. The van der Waals surface area contributed by atoms with Gasteiger partial charge < -0.3 is 5.32 Å². The van der Waals surface area contributed by atoms with E-state index in [4.69, 9.17) is 0 Å².